The Morgan fingerprint density at radius 1 is 1.03 bits per heavy atom. The summed E-state index contributed by atoms with van der Waals surface area (Å²) >= 11 is 0.824. The van der Waals surface area contributed by atoms with E-state index in [9.17, 15) is 18.8 Å². The van der Waals surface area contributed by atoms with E-state index >= 15 is 0 Å². The van der Waals surface area contributed by atoms with Gasteiger partial charge in [0.2, 0.25) is 5.91 Å². The van der Waals surface area contributed by atoms with Gasteiger partial charge < -0.3 is 9.88 Å². The molecule has 38 heavy (non-hydrogen) atoms. The van der Waals surface area contributed by atoms with E-state index in [0.29, 0.717) is 11.6 Å². The Bertz CT molecular complexity index is 1400. The Balaban J connectivity index is 1.30. The predicted molar refractivity (Wildman–Crippen MR) is 149 cm³/mol. The zero-order valence-electron chi connectivity index (χ0n) is 21.5. The number of imide groups is 1. The van der Waals surface area contributed by atoms with Gasteiger partial charge in [-0.2, -0.15) is 0 Å². The summed E-state index contributed by atoms with van der Waals surface area (Å²) in [5.41, 5.74) is 5.68. The lowest BCUT2D eigenvalue weighted by Gasteiger charge is -2.22. The van der Waals surface area contributed by atoms with Gasteiger partial charge in [0.05, 0.1) is 4.91 Å². The Kier molecular flexibility index (Phi) is 7.51. The Hall–Kier alpha value is -3.65. The molecule has 2 aliphatic rings. The minimum atomic E-state index is -0.532. The first kappa shape index (κ1) is 26.0. The summed E-state index contributed by atoms with van der Waals surface area (Å²) in [6.07, 6.45) is 8.17. The van der Waals surface area contributed by atoms with Crippen molar-refractivity contribution >= 4 is 40.6 Å². The molecule has 1 aromatic heterocycles. The third-order valence-electron chi connectivity index (χ3n) is 7.29. The highest BCUT2D eigenvalue weighted by Gasteiger charge is 2.36. The summed E-state index contributed by atoms with van der Waals surface area (Å²) in [7, 11) is 0. The van der Waals surface area contributed by atoms with Crippen LogP contribution in [0.2, 0.25) is 0 Å². The minimum Gasteiger partial charge on any atom is -0.325 e. The zero-order chi connectivity index (χ0) is 26.8. The molecule has 1 saturated heterocycles. The molecular weight excluding hydrogens is 501 g/mol. The van der Waals surface area contributed by atoms with Gasteiger partial charge in [-0.25, -0.2) is 4.39 Å². The maximum Gasteiger partial charge on any atom is 0.294 e. The largest absolute Gasteiger partial charge is 0.325 e. The fourth-order valence-electron chi connectivity index (χ4n) is 5.32. The van der Waals surface area contributed by atoms with E-state index in [1.165, 1.54) is 61.9 Å². The minimum absolute atomic E-state index is 0.275. The van der Waals surface area contributed by atoms with Gasteiger partial charge in [0.25, 0.3) is 11.1 Å². The third-order valence-corrected chi connectivity index (χ3v) is 8.20. The van der Waals surface area contributed by atoms with Crippen LogP contribution >= 0.6 is 11.8 Å². The third kappa shape index (κ3) is 5.45. The van der Waals surface area contributed by atoms with Gasteiger partial charge in [0.15, 0.2) is 0 Å². The standard InChI is InChI=1S/C30H30FN3O3S/c1-19-16-23(20(2)34(19)26-14-8-22(9-15-26)21-6-4-3-5-7-21)17-27-29(36)33(30(37)38-27)18-28(35)32-25-12-10-24(31)11-13-25/h8-17,21H,3-7,18H2,1-2H3,(H,32,35)/b27-17-. The maximum absolute atomic E-state index is 13.1. The molecule has 2 aromatic carbocycles. The summed E-state index contributed by atoms with van der Waals surface area (Å²) in [6.45, 7) is 3.60. The molecule has 3 aromatic rings. The van der Waals surface area contributed by atoms with Crippen LogP contribution in [0, 0.1) is 19.7 Å². The summed E-state index contributed by atoms with van der Waals surface area (Å²) in [6, 6.07) is 16.0. The van der Waals surface area contributed by atoms with Crippen molar-refractivity contribution in [2.45, 2.75) is 51.9 Å². The fourth-order valence-corrected chi connectivity index (χ4v) is 6.15. The van der Waals surface area contributed by atoms with Crippen LogP contribution in [0.3, 0.4) is 0 Å². The SMILES string of the molecule is Cc1cc(/C=C2\SC(=O)N(CC(=O)Nc3ccc(F)cc3)C2=O)c(C)n1-c1ccc(C2CCCCC2)cc1. The molecule has 0 radical (unpaired) electrons. The van der Waals surface area contributed by atoms with E-state index in [0.717, 1.165) is 39.3 Å². The van der Waals surface area contributed by atoms with Gasteiger partial charge in [-0.15, -0.1) is 0 Å². The first-order chi connectivity index (χ1) is 18.3. The molecule has 8 heteroatoms. The highest BCUT2D eigenvalue weighted by atomic mass is 32.2. The molecule has 1 N–H and O–H groups in total. The fraction of sp³-hybridized carbons (Fsp3) is 0.300. The number of anilines is 1. The van der Waals surface area contributed by atoms with Crippen molar-refractivity contribution in [2.24, 2.45) is 0 Å². The smallest absolute Gasteiger partial charge is 0.294 e. The second-order valence-corrected chi connectivity index (χ2v) is 10.9. The highest BCUT2D eigenvalue weighted by molar-refractivity contribution is 8.18. The van der Waals surface area contributed by atoms with Crippen LogP contribution in [0.25, 0.3) is 11.8 Å². The molecule has 3 amide bonds. The lowest BCUT2D eigenvalue weighted by Crippen LogP contribution is -2.36. The molecule has 6 nitrogen and oxygen atoms in total. The van der Waals surface area contributed by atoms with Crippen molar-refractivity contribution in [3.8, 4) is 5.69 Å². The van der Waals surface area contributed by atoms with Crippen LogP contribution < -0.4 is 5.32 Å². The first-order valence-electron chi connectivity index (χ1n) is 12.9. The number of nitrogens with one attached hydrogen (secondary N) is 1. The summed E-state index contributed by atoms with van der Waals surface area (Å²) in [5, 5.41) is 2.08. The molecule has 2 heterocycles. The molecule has 1 saturated carbocycles. The maximum atomic E-state index is 13.1. The Morgan fingerprint density at radius 3 is 2.39 bits per heavy atom. The van der Waals surface area contributed by atoms with Gasteiger partial charge in [-0.3, -0.25) is 19.3 Å². The number of carbonyl (C=O) groups excluding carboxylic acids is 3. The predicted octanol–water partition coefficient (Wildman–Crippen LogP) is 6.96. The van der Waals surface area contributed by atoms with Crippen LogP contribution in [0.5, 0.6) is 0 Å². The molecule has 0 unspecified atom stereocenters. The van der Waals surface area contributed by atoms with Crippen molar-refractivity contribution in [1.82, 2.24) is 9.47 Å². The lowest BCUT2D eigenvalue weighted by molar-refractivity contribution is -0.127. The normalized spacial score (nSPS) is 17.4. The number of nitrogens with zero attached hydrogens (tertiary/aromatic N) is 2. The van der Waals surface area contributed by atoms with Gasteiger partial charge in [0.1, 0.15) is 12.4 Å². The van der Waals surface area contributed by atoms with Crippen molar-refractivity contribution in [2.75, 3.05) is 11.9 Å². The molecule has 2 fully saturated rings. The van der Waals surface area contributed by atoms with E-state index in [-0.39, 0.29) is 4.91 Å². The number of aromatic nitrogens is 1. The Morgan fingerprint density at radius 2 is 1.71 bits per heavy atom. The molecule has 0 spiro atoms. The molecule has 1 aliphatic heterocycles. The van der Waals surface area contributed by atoms with Gasteiger partial charge in [-0.05, 0) is 104 Å². The molecule has 5 rings (SSSR count). The van der Waals surface area contributed by atoms with Crippen LogP contribution in [0.4, 0.5) is 14.9 Å². The van der Waals surface area contributed by atoms with Crippen molar-refractivity contribution in [1.29, 1.82) is 0 Å². The molecule has 196 valence electrons. The molecule has 1 aliphatic carbocycles. The number of thioether (sulfide) groups is 1. The average molecular weight is 532 g/mol. The number of benzene rings is 2. The quantitative estimate of drug-likeness (QED) is 0.349. The van der Waals surface area contributed by atoms with E-state index in [1.807, 2.05) is 19.9 Å². The number of halogens is 1. The van der Waals surface area contributed by atoms with Gasteiger partial charge in [-0.1, -0.05) is 31.4 Å². The van der Waals surface area contributed by atoms with Crippen molar-refractivity contribution in [3.63, 3.8) is 0 Å². The second-order valence-electron chi connectivity index (χ2n) is 9.91. The summed E-state index contributed by atoms with van der Waals surface area (Å²) in [5.74, 6) is -0.811. The topological polar surface area (TPSA) is 71.4 Å². The van der Waals surface area contributed by atoms with Crippen LogP contribution in [0.1, 0.15) is 60.5 Å². The van der Waals surface area contributed by atoms with E-state index in [2.05, 4.69) is 34.1 Å². The number of hydrogen-bond acceptors (Lipinski definition) is 4. The van der Waals surface area contributed by atoms with E-state index in [1.54, 1.807) is 6.08 Å². The summed E-state index contributed by atoms with van der Waals surface area (Å²) < 4.78 is 15.2. The second kappa shape index (κ2) is 11.0. The number of hydrogen-bond donors (Lipinski definition) is 1. The number of carbonyl (C=O) groups is 3. The Labute approximate surface area is 225 Å². The summed E-state index contributed by atoms with van der Waals surface area (Å²) in [4.78, 5) is 39.2. The number of rotatable bonds is 6. The van der Waals surface area contributed by atoms with Crippen LogP contribution in [-0.4, -0.2) is 33.1 Å². The molecular formula is C30H30FN3O3S. The number of amides is 3. The average Bonchev–Trinajstić information content (AvgIpc) is 3.34. The van der Waals surface area contributed by atoms with Crippen molar-refractivity contribution < 1.29 is 18.8 Å². The van der Waals surface area contributed by atoms with Crippen LogP contribution in [-0.2, 0) is 9.59 Å². The lowest BCUT2D eigenvalue weighted by atomic mass is 9.84. The molecule has 0 atom stereocenters. The highest BCUT2D eigenvalue weighted by Crippen LogP contribution is 2.35. The first-order valence-corrected chi connectivity index (χ1v) is 13.7. The molecule has 0 bridgehead atoms. The van der Waals surface area contributed by atoms with Crippen LogP contribution in [0.15, 0.2) is 59.5 Å². The van der Waals surface area contributed by atoms with Gasteiger partial charge >= 0.3 is 0 Å². The monoisotopic (exact) mass is 531 g/mol. The zero-order valence-corrected chi connectivity index (χ0v) is 22.3. The number of aryl methyl sites for hydroxylation is 1. The van der Waals surface area contributed by atoms with E-state index in [4.69, 9.17) is 0 Å². The van der Waals surface area contributed by atoms with Crippen molar-refractivity contribution in [3.05, 3.63) is 87.8 Å². The van der Waals surface area contributed by atoms with E-state index < -0.39 is 29.4 Å². The van der Waals surface area contributed by atoms with Gasteiger partial charge in [0, 0.05) is 22.8 Å².